The molecule has 1 heterocycles. The summed E-state index contributed by atoms with van der Waals surface area (Å²) >= 11 is 0. The number of likely N-dealkylation sites (tertiary alicyclic amines) is 1. The minimum absolute atomic E-state index is 0.0822. The Morgan fingerprint density at radius 3 is 2.64 bits per heavy atom. The maximum Gasteiger partial charge on any atom is 0.159 e. The van der Waals surface area contributed by atoms with Gasteiger partial charge in [0.05, 0.1) is 6.61 Å². The highest BCUT2D eigenvalue weighted by molar-refractivity contribution is 5.94. The van der Waals surface area contributed by atoms with Crippen molar-refractivity contribution >= 4 is 5.78 Å². The molecule has 0 bridgehead atoms. The lowest BCUT2D eigenvalue weighted by atomic mass is 9.92. The molecule has 1 aliphatic heterocycles. The van der Waals surface area contributed by atoms with E-state index in [0.29, 0.717) is 5.56 Å². The Morgan fingerprint density at radius 2 is 1.95 bits per heavy atom. The third kappa shape index (κ3) is 5.45. The maximum absolute atomic E-state index is 11.3. The monoisotopic (exact) mass is 303 g/mol. The Labute approximate surface area is 134 Å². The van der Waals surface area contributed by atoms with Gasteiger partial charge in [0.25, 0.3) is 0 Å². The number of hydrogen-bond donors (Lipinski definition) is 0. The number of nitrogens with zero attached hydrogens (tertiary/aromatic N) is 1. The number of carbonyl (C=O) groups is 1. The van der Waals surface area contributed by atoms with Crippen molar-refractivity contribution in [3.8, 4) is 5.75 Å². The van der Waals surface area contributed by atoms with Crippen LogP contribution in [0, 0.1) is 11.8 Å². The number of piperidine rings is 1. The van der Waals surface area contributed by atoms with Crippen LogP contribution in [0.1, 0.15) is 50.4 Å². The topological polar surface area (TPSA) is 29.5 Å². The van der Waals surface area contributed by atoms with Gasteiger partial charge in [-0.1, -0.05) is 26.0 Å². The summed E-state index contributed by atoms with van der Waals surface area (Å²) in [6, 6.07) is 7.45. The molecule has 0 unspecified atom stereocenters. The highest BCUT2D eigenvalue weighted by Gasteiger charge is 2.20. The van der Waals surface area contributed by atoms with Gasteiger partial charge in [-0.25, -0.2) is 0 Å². The van der Waals surface area contributed by atoms with E-state index in [4.69, 9.17) is 4.74 Å². The van der Waals surface area contributed by atoms with Crippen LogP contribution in [0.15, 0.2) is 24.3 Å². The summed E-state index contributed by atoms with van der Waals surface area (Å²) in [6.45, 7) is 10.7. The van der Waals surface area contributed by atoms with Crippen molar-refractivity contribution in [3.05, 3.63) is 29.8 Å². The Balaban J connectivity index is 1.65. The first-order valence-corrected chi connectivity index (χ1v) is 8.50. The Morgan fingerprint density at radius 1 is 1.23 bits per heavy atom. The Hall–Kier alpha value is -1.35. The lowest BCUT2D eigenvalue weighted by Crippen LogP contribution is -2.39. The van der Waals surface area contributed by atoms with Crippen LogP contribution >= 0.6 is 0 Å². The molecule has 0 aromatic heterocycles. The van der Waals surface area contributed by atoms with Gasteiger partial charge in [-0.15, -0.1) is 0 Å². The summed E-state index contributed by atoms with van der Waals surface area (Å²) in [7, 11) is 0. The molecular weight excluding hydrogens is 274 g/mol. The summed E-state index contributed by atoms with van der Waals surface area (Å²) in [5, 5.41) is 0. The highest BCUT2D eigenvalue weighted by Crippen LogP contribution is 2.21. The van der Waals surface area contributed by atoms with Crippen molar-refractivity contribution in [3.63, 3.8) is 0 Å². The maximum atomic E-state index is 11.3. The number of hydrogen-bond acceptors (Lipinski definition) is 3. The van der Waals surface area contributed by atoms with Gasteiger partial charge in [0.1, 0.15) is 5.75 Å². The molecule has 1 aromatic carbocycles. The second-order valence-corrected chi connectivity index (χ2v) is 6.85. The highest BCUT2D eigenvalue weighted by atomic mass is 16.5. The fourth-order valence-corrected chi connectivity index (χ4v) is 3.41. The van der Waals surface area contributed by atoms with Gasteiger partial charge in [-0.2, -0.15) is 0 Å². The van der Waals surface area contributed by atoms with Gasteiger partial charge < -0.3 is 9.64 Å². The first-order valence-electron chi connectivity index (χ1n) is 8.50. The van der Waals surface area contributed by atoms with Crippen LogP contribution in [-0.4, -0.2) is 36.9 Å². The first kappa shape index (κ1) is 17.0. The van der Waals surface area contributed by atoms with Crippen LogP contribution in [-0.2, 0) is 0 Å². The number of benzene rings is 1. The fourth-order valence-electron chi connectivity index (χ4n) is 3.41. The largest absolute Gasteiger partial charge is 0.494 e. The molecule has 2 atom stereocenters. The van der Waals surface area contributed by atoms with E-state index >= 15 is 0 Å². The molecule has 1 saturated heterocycles. The molecule has 3 heteroatoms. The van der Waals surface area contributed by atoms with E-state index in [1.165, 1.54) is 32.5 Å². The van der Waals surface area contributed by atoms with E-state index in [9.17, 15) is 4.79 Å². The molecule has 122 valence electrons. The quantitative estimate of drug-likeness (QED) is 0.563. The first-order chi connectivity index (χ1) is 10.5. The average Bonchev–Trinajstić information content (AvgIpc) is 2.46. The number of rotatable bonds is 7. The van der Waals surface area contributed by atoms with Crippen LogP contribution < -0.4 is 4.74 Å². The van der Waals surface area contributed by atoms with Crippen LogP contribution in [0.3, 0.4) is 0 Å². The van der Waals surface area contributed by atoms with Crippen LogP contribution in [0.2, 0.25) is 0 Å². The van der Waals surface area contributed by atoms with E-state index in [2.05, 4.69) is 18.7 Å². The lowest BCUT2D eigenvalue weighted by Gasteiger charge is -2.34. The smallest absolute Gasteiger partial charge is 0.159 e. The van der Waals surface area contributed by atoms with Crippen LogP contribution in [0.4, 0.5) is 0 Å². The minimum Gasteiger partial charge on any atom is -0.494 e. The molecule has 0 spiro atoms. The third-order valence-corrected chi connectivity index (χ3v) is 4.32. The third-order valence-electron chi connectivity index (χ3n) is 4.32. The molecule has 22 heavy (non-hydrogen) atoms. The van der Waals surface area contributed by atoms with Crippen LogP contribution in [0.5, 0.6) is 5.75 Å². The molecule has 0 amide bonds. The van der Waals surface area contributed by atoms with Crippen molar-refractivity contribution in [2.45, 2.75) is 40.0 Å². The van der Waals surface area contributed by atoms with Gasteiger partial charge in [-0.3, -0.25) is 4.79 Å². The zero-order valence-electron chi connectivity index (χ0n) is 14.2. The molecule has 0 saturated carbocycles. The second kappa shape index (κ2) is 8.33. The van der Waals surface area contributed by atoms with E-state index in [1.807, 2.05) is 24.3 Å². The number of ether oxygens (including phenoxy) is 1. The van der Waals surface area contributed by atoms with Crippen molar-refractivity contribution in [1.29, 1.82) is 0 Å². The predicted octanol–water partition coefficient (Wildman–Crippen LogP) is 4.03. The molecule has 1 fully saturated rings. The molecule has 0 radical (unpaired) electrons. The normalized spacial score (nSPS) is 22.5. The van der Waals surface area contributed by atoms with Crippen molar-refractivity contribution < 1.29 is 9.53 Å². The van der Waals surface area contributed by atoms with E-state index in [0.717, 1.165) is 30.6 Å². The Kier molecular flexibility index (Phi) is 6.44. The van der Waals surface area contributed by atoms with Gasteiger partial charge in [0.2, 0.25) is 0 Å². The zero-order valence-corrected chi connectivity index (χ0v) is 14.2. The van der Waals surface area contributed by atoms with Crippen LogP contribution in [0.25, 0.3) is 0 Å². The summed E-state index contributed by atoms with van der Waals surface area (Å²) < 4.78 is 5.76. The van der Waals surface area contributed by atoms with Crippen molar-refractivity contribution in [1.82, 2.24) is 4.90 Å². The van der Waals surface area contributed by atoms with E-state index < -0.39 is 0 Å². The zero-order chi connectivity index (χ0) is 15.9. The molecule has 1 aromatic rings. The van der Waals surface area contributed by atoms with Gasteiger partial charge in [0.15, 0.2) is 5.78 Å². The van der Waals surface area contributed by atoms with Gasteiger partial charge in [0, 0.05) is 18.7 Å². The number of ketones is 1. The minimum atomic E-state index is 0.0822. The Bertz CT molecular complexity index is 476. The summed E-state index contributed by atoms with van der Waals surface area (Å²) in [6.07, 6.45) is 3.60. The number of carbonyl (C=O) groups excluding carboxylic acids is 1. The molecule has 2 rings (SSSR count). The fraction of sp³-hybridized carbons (Fsp3) is 0.632. The van der Waals surface area contributed by atoms with E-state index in [1.54, 1.807) is 6.92 Å². The second-order valence-electron chi connectivity index (χ2n) is 6.85. The molecule has 0 aliphatic carbocycles. The van der Waals surface area contributed by atoms with Gasteiger partial charge >= 0.3 is 0 Å². The standard InChI is InChI=1S/C19H29NO2/c1-15-11-16(2)14-20(13-15)9-4-5-10-22-19-8-6-7-18(12-19)17(3)21/h6-8,12,15-16H,4-5,9-11,13-14H2,1-3H3/t15-,16-/m0/s1. The predicted molar refractivity (Wildman–Crippen MR) is 90.6 cm³/mol. The molecule has 1 aliphatic rings. The SMILES string of the molecule is CC(=O)c1cccc(OCCCCN2C[C@@H](C)C[C@H](C)C2)c1. The lowest BCUT2D eigenvalue weighted by molar-refractivity contribution is 0.101. The van der Waals surface area contributed by atoms with E-state index in [-0.39, 0.29) is 5.78 Å². The summed E-state index contributed by atoms with van der Waals surface area (Å²) in [5.41, 5.74) is 0.716. The summed E-state index contributed by atoms with van der Waals surface area (Å²) in [5.74, 6) is 2.54. The molecular formula is C19H29NO2. The number of unbranched alkanes of at least 4 members (excludes halogenated alkanes) is 1. The molecule has 0 N–H and O–H groups in total. The van der Waals surface area contributed by atoms with Gasteiger partial charge in [-0.05, 0) is 56.7 Å². The van der Waals surface area contributed by atoms with Crippen molar-refractivity contribution in [2.24, 2.45) is 11.8 Å². The summed E-state index contributed by atoms with van der Waals surface area (Å²) in [4.78, 5) is 13.9. The average molecular weight is 303 g/mol. The number of Topliss-reactive ketones (excluding diaryl/α,β-unsaturated/α-hetero) is 1. The van der Waals surface area contributed by atoms with Crippen molar-refractivity contribution in [2.75, 3.05) is 26.2 Å². The molecule has 3 nitrogen and oxygen atoms in total.